The maximum absolute atomic E-state index is 12.3. The summed E-state index contributed by atoms with van der Waals surface area (Å²) in [6, 6.07) is 7.59. The number of aromatic nitrogens is 2. The van der Waals surface area contributed by atoms with Crippen LogP contribution >= 0.6 is 0 Å². The smallest absolute Gasteiger partial charge is 0.227 e. The van der Waals surface area contributed by atoms with Crippen molar-refractivity contribution in [3.05, 3.63) is 47.3 Å². The zero-order chi connectivity index (χ0) is 18.0. The molecule has 0 spiro atoms. The molecule has 1 aromatic heterocycles. The molecule has 1 N–H and O–H groups in total. The van der Waals surface area contributed by atoms with Crippen LogP contribution in [0.3, 0.4) is 0 Å². The molecule has 1 atom stereocenters. The third-order valence-corrected chi connectivity index (χ3v) is 4.80. The maximum atomic E-state index is 12.3. The second-order valence-electron chi connectivity index (χ2n) is 6.59. The summed E-state index contributed by atoms with van der Waals surface area (Å²) in [6.07, 6.45) is 3.64. The van der Waals surface area contributed by atoms with Gasteiger partial charge in [-0.1, -0.05) is 12.1 Å². The lowest BCUT2D eigenvalue weighted by molar-refractivity contribution is -0.121. The van der Waals surface area contributed by atoms with Crippen molar-refractivity contribution < 1.29 is 9.59 Å². The molecule has 1 aromatic carbocycles. The fraction of sp³-hybridized carbons (Fsp3) is 0.421. The first-order valence-corrected chi connectivity index (χ1v) is 8.63. The molecule has 1 fully saturated rings. The van der Waals surface area contributed by atoms with Crippen molar-refractivity contribution in [2.24, 2.45) is 7.05 Å². The first kappa shape index (κ1) is 17.2. The molecule has 1 aliphatic heterocycles. The Morgan fingerprint density at radius 3 is 2.60 bits per heavy atom. The molecule has 25 heavy (non-hydrogen) atoms. The number of nitrogens with one attached hydrogen (secondary N) is 1. The first-order chi connectivity index (χ1) is 12.0. The SMILES string of the molecule is Cc1c([C@@H](C)NC(=O)Cc2ccc(N3CCCC3=O)cc2)cnn1C. The Morgan fingerprint density at radius 2 is 2.04 bits per heavy atom. The Hall–Kier alpha value is -2.63. The number of rotatable bonds is 5. The van der Waals surface area contributed by atoms with E-state index in [1.807, 2.05) is 45.2 Å². The average molecular weight is 340 g/mol. The summed E-state index contributed by atoms with van der Waals surface area (Å²) < 4.78 is 1.80. The fourth-order valence-corrected chi connectivity index (χ4v) is 3.21. The van der Waals surface area contributed by atoms with Gasteiger partial charge in [0.05, 0.1) is 18.7 Å². The number of anilines is 1. The van der Waals surface area contributed by atoms with Gasteiger partial charge in [-0.25, -0.2) is 0 Å². The third kappa shape index (κ3) is 3.73. The van der Waals surface area contributed by atoms with E-state index < -0.39 is 0 Å². The normalized spacial score (nSPS) is 15.5. The molecule has 1 saturated heterocycles. The number of carbonyl (C=O) groups excluding carboxylic acids is 2. The van der Waals surface area contributed by atoms with Crippen molar-refractivity contribution in [1.29, 1.82) is 0 Å². The van der Waals surface area contributed by atoms with Crippen LogP contribution in [-0.4, -0.2) is 28.1 Å². The van der Waals surface area contributed by atoms with Crippen molar-refractivity contribution in [3.63, 3.8) is 0 Å². The summed E-state index contributed by atoms with van der Waals surface area (Å²) in [6.45, 7) is 4.73. The lowest BCUT2D eigenvalue weighted by Crippen LogP contribution is -2.28. The minimum absolute atomic E-state index is 0.0271. The van der Waals surface area contributed by atoms with Crippen molar-refractivity contribution in [2.75, 3.05) is 11.4 Å². The predicted octanol–water partition coefficient (Wildman–Crippen LogP) is 2.28. The molecule has 0 radical (unpaired) electrons. The van der Waals surface area contributed by atoms with Crippen LogP contribution in [0, 0.1) is 6.92 Å². The topological polar surface area (TPSA) is 67.2 Å². The molecule has 6 nitrogen and oxygen atoms in total. The van der Waals surface area contributed by atoms with Crippen molar-refractivity contribution in [3.8, 4) is 0 Å². The molecular weight excluding hydrogens is 316 g/mol. The van der Waals surface area contributed by atoms with E-state index in [9.17, 15) is 9.59 Å². The Balaban J connectivity index is 1.59. The zero-order valence-corrected chi connectivity index (χ0v) is 15.0. The Morgan fingerprint density at radius 1 is 1.32 bits per heavy atom. The van der Waals surface area contributed by atoms with Gasteiger partial charge in [0.1, 0.15) is 0 Å². The number of aryl methyl sites for hydroxylation is 1. The van der Waals surface area contributed by atoms with E-state index in [-0.39, 0.29) is 17.9 Å². The highest BCUT2D eigenvalue weighted by Crippen LogP contribution is 2.22. The molecule has 3 rings (SSSR count). The van der Waals surface area contributed by atoms with Gasteiger partial charge >= 0.3 is 0 Å². The molecular formula is C19H24N4O2. The van der Waals surface area contributed by atoms with Crippen molar-refractivity contribution in [1.82, 2.24) is 15.1 Å². The second-order valence-corrected chi connectivity index (χ2v) is 6.59. The summed E-state index contributed by atoms with van der Waals surface area (Å²) in [4.78, 5) is 25.9. The fourth-order valence-electron chi connectivity index (χ4n) is 3.21. The van der Waals surface area contributed by atoms with E-state index in [1.54, 1.807) is 15.8 Å². The van der Waals surface area contributed by atoms with Gasteiger partial charge in [-0.05, 0) is 38.0 Å². The molecule has 2 heterocycles. The molecule has 1 aliphatic rings. The molecule has 2 aromatic rings. The van der Waals surface area contributed by atoms with Gasteiger partial charge in [0.2, 0.25) is 11.8 Å². The number of carbonyl (C=O) groups is 2. The molecule has 0 saturated carbocycles. The molecule has 0 aliphatic carbocycles. The van der Waals surface area contributed by atoms with Crippen LogP contribution in [0.15, 0.2) is 30.5 Å². The van der Waals surface area contributed by atoms with Gasteiger partial charge in [0.25, 0.3) is 0 Å². The van der Waals surface area contributed by atoms with E-state index in [4.69, 9.17) is 0 Å². The monoisotopic (exact) mass is 340 g/mol. The van der Waals surface area contributed by atoms with Gasteiger partial charge < -0.3 is 10.2 Å². The van der Waals surface area contributed by atoms with Crippen LogP contribution in [0.2, 0.25) is 0 Å². The largest absolute Gasteiger partial charge is 0.349 e. The number of hydrogen-bond acceptors (Lipinski definition) is 3. The summed E-state index contributed by atoms with van der Waals surface area (Å²) >= 11 is 0. The quantitative estimate of drug-likeness (QED) is 0.908. The highest BCUT2D eigenvalue weighted by molar-refractivity contribution is 5.95. The molecule has 2 amide bonds. The highest BCUT2D eigenvalue weighted by atomic mass is 16.2. The summed E-state index contributed by atoms with van der Waals surface area (Å²) in [5, 5.41) is 7.23. The van der Waals surface area contributed by atoms with E-state index in [1.165, 1.54) is 0 Å². The van der Waals surface area contributed by atoms with Crippen molar-refractivity contribution >= 4 is 17.5 Å². The lowest BCUT2D eigenvalue weighted by atomic mass is 10.1. The van der Waals surface area contributed by atoms with Gasteiger partial charge in [-0.15, -0.1) is 0 Å². The predicted molar refractivity (Wildman–Crippen MR) is 96.2 cm³/mol. The van der Waals surface area contributed by atoms with E-state index >= 15 is 0 Å². The lowest BCUT2D eigenvalue weighted by Gasteiger charge is -2.16. The van der Waals surface area contributed by atoms with Gasteiger partial charge in [-0.3, -0.25) is 14.3 Å². The number of hydrogen-bond donors (Lipinski definition) is 1. The van der Waals surface area contributed by atoms with Crippen LogP contribution in [0.5, 0.6) is 0 Å². The van der Waals surface area contributed by atoms with Crippen LogP contribution in [0.1, 0.15) is 42.6 Å². The summed E-state index contributed by atoms with van der Waals surface area (Å²) in [5.74, 6) is 0.145. The Kier molecular flexibility index (Phi) is 4.88. The summed E-state index contributed by atoms with van der Waals surface area (Å²) in [7, 11) is 1.89. The van der Waals surface area contributed by atoms with Crippen LogP contribution in [0.4, 0.5) is 5.69 Å². The van der Waals surface area contributed by atoms with Gasteiger partial charge in [0.15, 0.2) is 0 Å². The zero-order valence-electron chi connectivity index (χ0n) is 15.0. The van der Waals surface area contributed by atoms with E-state index in [0.717, 1.165) is 35.5 Å². The highest BCUT2D eigenvalue weighted by Gasteiger charge is 2.21. The Labute approximate surface area is 147 Å². The summed E-state index contributed by atoms with van der Waals surface area (Å²) in [5.41, 5.74) is 3.92. The molecule has 6 heteroatoms. The maximum Gasteiger partial charge on any atom is 0.227 e. The standard InChI is InChI=1S/C19H24N4O2/c1-13(17-12-20-22(3)14(17)2)21-18(24)11-15-6-8-16(9-7-15)23-10-4-5-19(23)25/h6-9,12-13H,4-5,10-11H2,1-3H3,(H,21,24)/t13-/m1/s1. The average Bonchev–Trinajstić information content (AvgIpc) is 3.14. The molecule has 132 valence electrons. The minimum Gasteiger partial charge on any atom is -0.349 e. The minimum atomic E-state index is -0.0808. The van der Waals surface area contributed by atoms with E-state index in [2.05, 4.69) is 10.4 Å². The molecule has 0 unspecified atom stereocenters. The second kappa shape index (κ2) is 7.09. The number of benzene rings is 1. The van der Waals surface area contributed by atoms with Crippen LogP contribution < -0.4 is 10.2 Å². The van der Waals surface area contributed by atoms with Gasteiger partial charge in [0, 0.05) is 37.0 Å². The molecule has 0 bridgehead atoms. The Bertz CT molecular complexity index is 779. The van der Waals surface area contributed by atoms with Crippen LogP contribution in [-0.2, 0) is 23.1 Å². The number of amides is 2. The number of nitrogens with zero attached hydrogens (tertiary/aromatic N) is 3. The van der Waals surface area contributed by atoms with E-state index in [0.29, 0.717) is 12.8 Å². The van der Waals surface area contributed by atoms with Crippen molar-refractivity contribution in [2.45, 2.75) is 39.2 Å². The first-order valence-electron chi connectivity index (χ1n) is 8.63. The third-order valence-electron chi connectivity index (χ3n) is 4.80. The van der Waals surface area contributed by atoms with Crippen LogP contribution in [0.25, 0.3) is 0 Å². The van der Waals surface area contributed by atoms with Gasteiger partial charge in [-0.2, -0.15) is 5.10 Å².